The van der Waals surface area contributed by atoms with E-state index >= 15 is 0 Å². The van der Waals surface area contributed by atoms with E-state index in [1.807, 2.05) is 20.8 Å². The van der Waals surface area contributed by atoms with Crippen molar-refractivity contribution in [2.45, 2.75) is 45.6 Å². The van der Waals surface area contributed by atoms with Crippen LogP contribution in [0, 0.1) is 5.92 Å². The van der Waals surface area contributed by atoms with Crippen LogP contribution in [0.2, 0.25) is 0 Å². The van der Waals surface area contributed by atoms with E-state index in [4.69, 9.17) is 11.6 Å². The Bertz CT molecular complexity index is 370. The molecule has 0 bridgehead atoms. The monoisotopic (exact) mass is 296 g/mol. The third-order valence-corrected chi connectivity index (χ3v) is 6.70. The minimum absolute atomic E-state index is 0.285. The first-order valence-electron chi connectivity index (χ1n) is 6.55. The molecule has 0 aliphatic carbocycles. The lowest BCUT2D eigenvalue weighted by Crippen LogP contribution is -2.53. The van der Waals surface area contributed by atoms with Crippen molar-refractivity contribution < 1.29 is 8.42 Å². The van der Waals surface area contributed by atoms with Gasteiger partial charge in [-0.1, -0.05) is 6.92 Å². The average molecular weight is 297 g/mol. The zero-order valence-electron chi connectivity index (χ0n) is 11.8. The lowest BCUT2D eigenvalue weighted by Gasteiger charge is -2.39. The summed E-state index contributed by atoms with van der Waals surface area (Å²) in [6.45, 7) is 7.07. The number of alkyl halides is 1. The molecule has 1 aliphatic heterocycles. The van der Waals surface area contributed by atoms with Gasteiger partial charge in [0, 0.05) is 31.6 Å². The Morgan fingerprint density at radius 3 is 2.56 bits per heavy atom. The molecule has 0 aromatic rings. The summed E-state index contributed by atoms with van der Waals surface area (Å²) < 4.78 is 28.2. The van der Waals surface area contributed by atoms with E-state index in [1.165, 1.54) is 4.31 Å². The highest BCUT2D eigenvalue weighted by Crippen LogP contribution is 2.26. The third kappa shape index (κ3) is 3.38. The largest absolute Gasteiger partial charge is 0.282 e. The van der Waals surface area contributed by atoms with Gasteiger partial charge in [-0.15, -0.1) is 11.6 Å². The second-order valence-electron chi connectivity index (χ2n) is 5.66. The van der Waals surface area contributed by atoms with Gasteiger partial charge in [0.25, 0.3) is 10.2 Å². The molecule has 108 valence electrons. The fraction of sp³-hybridized carbons (Fsp3) is 1.00. The SMILES string of the molecule is CCC(C)(C)N(C)S(=O)(=O)N1CCCC(CCl)C1. The van der Waals surface area contributed by atoms with Gasteiger partial charge < -0.3 is 0 Å². The Balaban J connectivity index is 2.86. The molecule has 0 aromatic heterocycles. The number of hydrogen-bond acceptors (Lipinski definition) is 2. The van der Waals surface area contributed by atoms with Crippen molar-refractivity contribution in [1.82, 2.24) is 8.61 Å². The topological polar surface area (TPSA) is 40.6 Å². The van der Waals surface area contributed by atoms with Crippen molar-refractivity contribution >= 4 is 21.8 Å². The van der Waals surface area contributed by atoms with E-state index in [9.17, 15) is 8.42 Å². The standard InChI is InChI=1S/C12H25ClN2O2S/c1-5-12(2,3)14(4)18(16,17)15-8-6-7-11(9-13)10-15/h11H,5-10H2,1-4H3. The van der Waals surface area contributed by atoms with Crippen molar-refractivity contribution in [3.63, 3.8) is 0 Å². The minimum Gasteiger partial charge on any atom is -0.195 e. The van der Waals surface area contributed by atoms with Crippen molar-refractivity contribution in [1.29, 1.82) is 0 Å². The molecule has 0 saturated carbocycles. The summed E-state index contributed by atoms with van der Waals surface area (Å²) in [5, 5.41) is 0. The van der Waals surface area contributed by atoms with Gasteiger partial charge in [-0.05, 0) is 39.0 Å². The summed E-state index contributed by atoms with van der Waals surface area (Å²) in [6, 6.07) is 0. The molecule has 6 heteroatoms. The molecule has 1 unspecified atom stereocenters. The van der Waals surface area contributed by atoms with Crippen molar-refractivity contribution in [2.24, 2.45) is 5.92 Å². The zero-order chi connectivity index (χ0) is 14.0. The summed E-state index contributed by atoms with van der Waals surface area (Å²) in [5.74, 6) is 0.820. The Morgan fingerprint density at radius 2 is 2.06 bits per heavy atom. The van der Waals surface area contributed by atoms with Crippen LogP contribution in [0.1, 0.15) is 40.0 Å². The fourth-order valence-corrected chi connectivity index (χ4v) is 4.18. The first-order chi connectivity index (χ1) is 8.25. The van der Waals surface area contributed by atoms with Gasteiger partial charge in [0.15, 0.2) is 0 Å². The van der Waals surface area contributed by atoms with Crippen LogP contribution < -0.4 is 0 Å². The highest BCUT2D eigenvalue weighted by molar-refractivity contribution is 7.86. The van der Waals surface area contributed by atoms with E-state index in [1.54, 1.807) is 11.4 Å². The number of nitrogens with zero attached hydrogens (tertiary/aromatic N) is 2. The molecule has 0 aromatic carbocycles. The van der Waals surface area contributed by atoms with Gasteiger partial charge in [-0.25, -0.2) is 0 Å². The molecule has 1 heterocycles. The molecule has 0 amide bonds. The van der Waals surface area contributed by atoms with Gasteiger partial charge in [0.2, 0.25) is 0 Å². The maximum absolute atomic E-state index is 12.6. The molecule has 18 heavy (non-hydrogen) atoms. The van der Waals surface area contributed by atoms with Crippen LogP contribution in [0.4, 0.5) is 0 Å². The molecule has 1 aliphatic rings. The number of rotatable bonds is 5. The van der Waals surface area contributed by atoms with Gasteiger partial charge in [-0.2, -0.15) is 17.0 Å². The van der Waals surface area contributed by atoms with Crippen LogP contribution in [0.15, 0.2) is 0 Å². The highest BCUT2D eigenvalue weighted by Gasteiger charge is 2.37. The van der Waals surface area contributed by atoms with Gasteiger partial charge in [0.1, 0.15) is 0 Å². The van der Waals surface area contributed by atoms with Gasteiger partial charge in [0.05, 0.1) is 0 Å². The fourth-order valence-electron chi connectivity index (χ4n) is 2.07. The summed E-state index contributed by atoms with van der Waals surface area (Å²) >= 11 is 5.86. The summed E-state index contributed by atoms with van der Waals surface area (Å²) in [6.07, 6.45) is 2.71. The van der Waals surface area contributed by atoms with E-state index < -0.39 is 10.2 Å². The summed E-state index contributed by atoms with van der Waals surface area (Å²) in [5.41, 5.74) is -0.354. The van der Waals surface area contributed by atoms with Crippen LogP contribution in [0.3, 0.4) is 0 Å². The first-order valence-corrected chi connectivity index (χ1v) is 8.49. The number of halogens is 1. The second-order valence-corrected chi connectivity index (χ2v) is 7.93. The van der Waals surface area contributed by atoms with Crippen molar-refractivity contribution in [2.75, 3.05) is 26.0 Å². The zero-order valence-corrected chi connectivity index (χ0v) is 13.4. The molecule has 0 N–H and O–H groups in total. The average Bonchev–Trinajstić information content (AvgIpc) is 2.37. The van der Waals surface area contributed by atoms with Crippen LogP contribution >= 0.6 is 11.6 Å². The molecule has 0 radical (unpaired) electrons. The molecule has 4 nitrogen and oxygen atoms in total. The van der Waals surface area contributed by atoms with E-state index in [-0.39, 0.29) is 11.5 Å². The van der Waals surface area contributed by atoms with Crippen LogP contribution in [0.25, 0.3) is 0 Å². The lowest BCUT2D eigenvalue weighted by atomic mass is 10.0. The van der Waals surface area contributed by atoms with Crippen molar-refractivity contribution in [3.8, 4) is 0 Å². The van der Waals surface area contributed by atoms with Crippen molar-refractivity contribution in [3.05, 3.63) is 0 Å². The maximum Gasteiger partial charge on any atom is 0.282 e. The molecular formula is C12H25ClN2O2S. The molecule has 1 fully saturated rings. The lowest BCUT2D eigenvalue weighted by molar-refractivity contribution is 0.213. The molecule has 1 rings (SSSR count). The Labute approximate surface area is 116 Å². The normalized spacial score (nSPS) is 23.6. The number of hydrogen-bond donors (Lipinski definition) is 0. The Morgan fingerprint density at radius 1 is 1.44 bits per heavy atom. The molecule has 1 saturated heterocycles. The third-order valence-electron chi connectivity index (χ3n) is 4.09. The quantitative estimate of drug-likeness (QED) is 0.731. The predicted octanol–water partition coefficient (Wildman–Crippen LogP) is 2.30. The summed E-state index contributed by atoms with van der Waals surface area (Å²) in [4.78, 5) is 0. The Kier molecular flexibility index (Phi) is 5.47. The van der Waals surface area contributed by atoms with Gasteiger partial charge >= 0.3 is 0 Å². The van der Waals surface area contributed by atoms with Crippen LogP contribution in [-0.2, 0) is 10.2 Å². The van der Waals surface area contributed by atoms with Crippen LogP contribution in [-0.4, -0.2) is 48.6 Å². The van der Waals surface area contributed by atoms with E-state index in [2.05, 4.69) is 0 Å². The van der Waals surface area contributed by atoms with E-state index in [0.717, 1.165) is 19.3 Å². The first kappa shape index (κ1) is 16.2. The minimum atomic E-state index is -3.37. The Hall–Kier alpha value is 0.160. The summed E-state index contributed by atoms with van der Waals surface area (Å²) in [7, 11) is -1.70. The molecule has 0 spiro atoms. The second kappa shape index (κ2) is 6.07. The number of piperidine rings is 1. The predicted molar refractivity (Wildman–Crippen MR) is 76.1 cm³/mol. The van der Waals surface area contributed by atoms with Crippen LogP contribution in [0.5, 0.6) is 0 Å². The van der Waals surface area contributed by atoms with E-state index in [0.29, 0.717) is 19.0 Å². The smallest absolute Gasteiger partial charge is 0.195 e. The molecule has 1 atom stereocenters. The van der Waals surface area contributed by atoms with Gasteiger partial charge in [-0.3, -0.25) is 0 Å². The maximum atomic E-state index is 12.6. The highest BCUT2D eigenvalue weighted by atomic mass is 35.5. The molecular weight excluding hydrogens is 272 g/mol.